The fourth-order valence-electron chi connectivity index (χ4n) is 1.92. The number of thiazole rings is 1. The number of aromatic nitrogens is 1. The number of hydrogen-bond acceptors (Lipinski definition) is 6. The Morgan fingerprint density at radius 1 is 1.43 bits per heavy atom. The number of benzene rings is 1. The first-order chi connectivity index (χ1) is 11.2. The van der Waals surface area contributed by atoms with Crippen LogP contribution in [0.3, 0.4) is 0 Å². The van der Waals surface area contributed by atoms with Crippen molar-refractivity contribution in [1.82, 2.24) is 10.3 Å². The van der Waals surface area contributed by atoms with Crippen molar-refractivity contribution in [2.75, 3.05) is 11.9 Å². The van der Waals surface area contributed by atoms with Gasteiger partial charge in [0.15, 0.2) is 16.0 Å². The standard InChI is InChI=1S/C15H13N3O3S2/c1-2-20-9-5-6-10-12(8-9)23-15(16-10)18-14(22)17-13(19)11-4-3-7-21-11/h3-8H,2H2,1H3,(H2,16,17,18,19,22). The van der Waals surface area contributed by atoms with Crippen LogP contribution in [0, 0.1) is 0 Å². The molecule has 2 N–H and O–H groups in total. The van der Waals surface area contributed by atoms with E-state index in [9.17, 15) is 4.79 Å². The van der Waals surface area contributed by atoms with E-state index in [1.54, 1.807) is 12.1 Å². The summed E-state index contributed by atoms with van der Waals surface area (Å²) in [5.74, 6) is 0.580. The number of furan rings is 1. The summed E-state index contributed by atoms with van der Waals surface area (Å²) in [6, 6.07) is 8.87. The van der Waals surface area contributed by atoms with Gasteiger partial charge in [0.05, 0.1) is 23.1 Å². The number of rotatable bonds is 4. The molecule has 8 heteroatoms. The first-order valence-electron chi connectivity index (χ1n) is 6.85. The summed E-state index contributed by atoms with van der Waals surface area (Å²) in [7, 11) is 0. The maximum Gasteiger partial charge on any atom is 0.293 e. The zero-order valence-corrected chi connectivity index (χ0v) is 13.8. The minimum absolute atomic E-state index is 0.162. The lowest BCUT2D eigenvalue weighted by atomic mass is 10.3. The van der Waals surface area contributed by atoms with Gasteiger partial charge in [-0.3, -0.25) is 10.1 Å². The highest BCUT2D eigenvalue weighted by Crippen LogP contribution is 2.29. The van der Waals surface area contributed by atoms with Gasteiger partial charge in [-0.05, 0) is 49.5 Å². The minimum Gasteiger partial charge on any atom is -0.494 e. The van der Waals surface area contributed by atoms with E-state index in [2.05, 4.69) is 15.6 Å². The molecule has 0 spiro atoms. The third-order valence-corrected chi connectivity index (χ3v) is 4.00. The maximum atomic E-state index is 11.8. The lowest BCUT2D eigenvalue weighted by molar-refractivity contribution is 0.0950. The number of anilines is 1. The molecule has 0 saturated carbocycles. The monoisotopic (exact) mass is 347 g/mol. The Labute approximate surface area is 141 Å². The van der Waals surface area contributed by atoms with Crippen molar-refractivity contribution in [3.05, 3.63) is 42.4 Å². The molecule has 0 aliphatic heterocycles. The van der Waals surface area contributed by atoms with Crippen molar-refractivity contribution >= 4 is 49.9 Å². The Balaban J connectivity index is 1.68. The predicted octanol–water partition coefficient (Wildman–Crippen LogP) is 3.41. The van der Waals surface area contributed by atoms with Crippen LogP contribution in [0.4, 0.5) is 5.13 Å². The van der Waals surface area contributed by atoms with Gasteiger partial charge in [-0.25, -0.2) is 4.98 Å². The fraction of sp³-hybridized carbons (Fsp3) is 0.133. The average Bonchev–Trinajstić information content (AvgIpc) is 3.15. The molecule has 118 valence electrons. The van der Waals surface area contributed by atoms with E-state index in [-0.39, 0.29) is 10.9 Å². The van der Waals surface area contributed by atoms with Gasteiger partial charge in [0.25, 0.3) is 5.91 Å². The first kappa shape index (κ1) is 15.4. The number of fused-ring (bicyclic) bond motifs is 1. The van der Waals surface area contributed by atoms with Gasteiger partial charge in [-0.15, -0.1) is 0 Å². The molecule has 0 aliphatic carbocycles. The highest BCUT2D eigenvalue weighted by molar-refractivity contribution is 7.80. The number of nitrogens with one attached hydrogen (secondary N) is 2. The third kappa shape index (κ3) is 3.66. The number of amides is 1. The number of nitrogens with zero attached hydrogens (tertiary/aromatic N) is 1. The molecule has 1 aromatic carbocycles. The molecular formula is C15H13N3O3S2. The van der Waals surface area contributed by atoms with Crippen LogP contribution >= 0.6 is 23.6 Å². The summed E-state index contributed by atoms with van der Waals surface area (Å²) in [4.78, 5) is 16.2. The molecule has 1 amide bonds. The van der Waals surface area contributed by atoms with Crippen molar-refractivity contribution < 1.29 is 13.9 Å². The molecule has 23 heavy (non-hydrogen) atoms. The molecule has 2 heterocycles. The fourth-order valence-corrected chi connectivity index (χ4v) is 3.07. The van der Waals surface area contributed by atoms with Crippen LogP contribution in [0.1, 0.15) is 17.5 Å². The van der Waals surface area contributed by atoms with Gasteiger partial charge < -0.3 is 14.5 Å². The SMILES string of the molecule is CCOc1ccc2nc(NC(=S)NC(=O)c3ccco3)sc2c1. The lowest BCUT2D eigenvalue weighted by Gasteiger charge is -2.04. The van der Waals surface area contributed by atoms with E-state index in [1.165, 1.54) is 17.6 Å². The summed E-state index contributed by atoms with van der Waals surface area (Å²) in [6.07, 6.45) is 1.43. The number of ether oxygens (including phenoxy) is 1. The van der Waals surface area contributed by atoms with Gasteiger partial charge >= 0.3 is 0 Å². The largest absolute Gasteiger partial charge is 0.494 e. The Kier molecular flexibility index (Phi) is 4.54. The molecule has 6 nitrogen and oxygen atoms in total. The van der Waals surface area contributed by atoms with E-state index in [0.717, 1.165) is 16.0 Å². The normalized spacial score (nSPS) is 10.5. The van der Waals surface area contributed by atoms with Crippen LogP contribution in [0.25, 0.3) is 10.2 Å². The summed E-state index contributed by atoms with van der Waals surface area (Å²) in [6.45, 7) is 2.54. The molecule has 0 fully saturated rings. The van der Waals surface area contributed by atoms with Crippen LogP contribution in [0.5, 0.6) is 5.75 Å². The van der Waals surface area contributed by atoms with E-state index < -0.39 is 5.91 Å². The average molecular weight is 347 g/mol. The molecule has 0 unspecified atom stereocenters. The second-order valence-corrected chi connectivity index (χ2v) is 5.91. The summed E-state index contributed by atoms with van der Waals surface area (Å²) >= 11 is 6.54. The molecule has 0 atom stereocenters. The van der Waals surface area contributed by atoms with Crippen molar-refractivity contribution in [3.63, 3.8) is 0 Å². The van der Waals surface area contributed by atoms with Crippen LogP contribution in [0.2, 0.25) is 0 Å². The van der Waals surface area contributed by atoms with Crippen molar-refractivity contribution in [1.29, 1.82) is 0 Å². The van der Waals surface area contributed by atoms with Crippen LogP contribution in [-0.4, -0.2) is 22.6 Å². The van der Waals surface area contributed by atoms with Gasteiger partial charge in [0.2, 0.25) is 0 Å². The number of hydrogen-bond donors (Lipinski definition) is 2. The van der Waals surface area contributed by atoms with Crippen LogP contribution in [0.15, 0.2) is 41.0 Å². The molecular weight excluding hydrogens is 334 g/mol. The van der Waals surface area contributed by atoms with Crippen molar-refractivity contribution in [2.24, 2.45) is 0 Å². The van der Waals surface area contributed by atoms with Gasteiger partial charge in [-0.2, -0.15) is 0 Å². The second kappa shape index (κ2) is 6.76. The maximum absolute atomic E-state index is 11.8. The van der Waals surface area contributed by atoms with E-state index in [0.29, 0.717) is 11.7 Å². The zero-order chi connectivity index (χ0) is 16.2. The smallest absolute Gasteiger partial charge is 0.293 e. The number of carbonyl (C=O) groups is 1. The number of thiocarbonyl (C=S) groups is 1. The molecule has 2 aromatic heterocycles. The van der Waals surface area contributed by atoms with Crippen molar-refractivity contribution in [2.45, 2.75) is 6.92 Å². The summed E-state index contributed by atoms with van der Waals surface area (Å²) in [5.41, 5.74) is 0.834. The number of carbonyl (C=O) groups excluding carboxylic acids is 1. The highest BCUT2D eigenvalue weighted by Gasteiger charge is 2.12. The Bertz CT molecular complexity index is 843. The highest BCUT2D eigenvalue weighted by atomic mass is 32.1. The first-order valence-corrected chi connectivity index (χ1v) is 8.07. The minimum atomic E-state index is -0.410. The van der Waals surface area contributed by atoms with Crippen molar-refractivity contribution in [3.8, 4) is 5.75 Å². The van der Waals surface area contributed by atoms with E-state index >= 15 is 0 Å². The van der Waals surface area contributed by atoms with Crippen LogP contribution in [-0.2, 0) is 0 Å². The summed E-state index contributed by atoms with van der Waals surface area (Å²) < 4.78 is 11.4. The van der Waals surface area contributed by atoms with Gasteiger partial charge in [0, 0.05) is 0 Å². The quantitative estimate of drug-likeness (QED) is 0.704. The molecule has 0 aliphatic rings. The second-order valence-electron chi connectivity index (χ2n) is 4.47. The van der Waals surface area contributed by atoms with Gasteiger partial charge in [0.1, 0.15) is 5.75 Å². The molecule has 0 bridgehead atoms. The Morgan fingerprint density at radius 3 is 3.04 bits per heavy atom. The van der Waals surface area contributed by atoms with E-state index in [4.69, 9.17) is 21.4 Å². The molecule has 3 rings (SSSR count). The topological polar surface area (TPSA) is 76.4 Å². The van der Waals surface area contributed by atoms with E-state index in [1.807, 2.05) is 25.1 Å². The zero-order valence-electron chi connectivity index (χ0n) is 12.2. The molecule has 0 saturated heterocycles. The molecule has 3 aromatic rings. The van der Waals surface area contributed by atoms with Crippen LogP contribution < -0.4 is 15.4 Å². The van der Waals surface area contributed by atoms with Gasteiger partial charge in [-0.1, -0.05) is 11.3 Å². The molecule has 0 radical (unpaired) electrons. The third-order valence-electron chi connectivity index (χ3n) is 2.86. The Hall–Kier alpha value is -2.45. The Morgan fingerprint density at radius 2 is 2.30 bits per heavy atom. The summed E-state index contributed by atoms with van der Waals surface area (Å²) in [5, 5.41) is 6.19. The lowest BCUT2D eigenvalue weighted by Crippen LogP contribution is -2.33. The predicted molar refractivity (Wildman–Crippen MR) is 93.2 cm³/mol.